The lowest BCUT2D eigenvalue weighted by Gasteiger charge is -2.53. The van der Waals surface area contributed by atoms with Crippen LogP contribution in [-0.2, 0) is 22.6 Å². The summed E-state index contributed by atoms with van der Waals surface area (Å²) >= 11 is 0. The number of fused-ring (bicyclic) bond motifs is 1. The van der Waals surface area contributed by atoms with E-state index in [9.17, 15) is 9.59 Å². The van der Waals surface area contributed by atoms with E-state index in [0.717, 1.165) is 61.0 Å². The molecule has 2 fully saturated rings. The molecule has 1 saturated carbocycles. The molecule has 232 valence electrons. The summed E-state index contributed by atoms with van der Waals surface area (Å²) in [5.74, 6) is 1.38. The first-order valence-electron chi connectivity index (χ1n) is 16.1. The first kappa shape index (κ1) is 31.2. The highest BCUT2D eigenvalue weighted by molar-refractivity contribution is 6.20. The Labute approximate surface area is 258 Å². The number of nitrogens with zero attached hydrogens (tertiary/aromatic N) is 2. The van der Waals surface area contributed by atoms with Crippen LogP contribution in [0, 0.1) is 11.3 Å². The highest BCUT2D eigenvalue weighted by atomic mass is 16.6. The molecular weight excluding hydrogens is 536 g/mol. The largest absolute Gasteiger partial charge is 0.489 e. The van der Waals surface area contributed by atoms with Crippen molar-refractivity contribution < 1.29 is 19.1 Å². The smallest absolute Gasteiger partial charge is 0.410 e. The zero-order valence-corrected chi connectivity index (χ0v) is 27.1. The van der Waals surface area contributed by atoms with Crippen LogP contribution in [0.4, 0.5) is 4.79 Å². The third kappa shape index (κ3) is 7.45. The van der Waals surface area contributed by atoms with Crippen LogP contribution in [-0.4, -0.2) is 52.6 Å². The van der Waals surface area contributed by atoms with Crippen molar-refractivity contribution in [3.63, 3.8) is 0 Å². The quantitative estimate of drug-likeness (QED) is 0.364. The minimum atomic E-state index is -0.573. The van der Waals surface area contributed by atoms with Crippen LogP contribution in [0.3, 0.4) is 0 Å². The number of benzene rings is 2. The average molecular weight is 587 g/mol. The van der Waals surface area contributed by atoms with Crippen molar-refractivity contribution >= 4 is 17.6 Å². The molecule has 1 heterocycles. The number of amides is 2. The second-order valence-electron chi connectivity index (χ2n) is 14.8. The van der Waals surface area contributed by atoms with E-state index in [-0.39, 0.29) is 17.4 Å². The molecule has 2 amide bonds. The summed E-state index contributed by atoms with van der Waals surface area (Å²) in [6.07, 6.45) is 8.54. The van der Waals surface area contributed by atoms with Gasteiger partial charge in [0.25, 0.3) is 5.91 Å². The van der Waals surface area contributed by atoms with E-state index in [2.05, 4.69) is 45.0 Å². The zero-order chi connectivity index (χ0) is 30.8. The summed E-state index contributed by atoms with van der Waals surface area (Å²) in [4.78, 5) is 32.0. The topological polar surface area (TPSA) is 59.1 Å². The third-order valence-corrected chi connectivity index (χ3v) is 9.44. The number of ether oxygens (including phenoxy) is 2. The zero-order valence-electron chi connectivity index (χ0n) is 27.1. The van der Waals surface area contributed by atoms with Gasteiger partial charge in [0, 0.05) is 25.2 Å². The Hall–Kier alpha value is -3.28. The molecule has 1 spiro atoms. The van der Waals surface area contributed by atoms with Crippen molar-refractivity contribution in [1.82, 2.24) is 9.80 Å². The maximum absolute atomic E-state index is 14.4. The molecule has 2 aromatic rings. The molecule has 5 rings (SSSR count). The molecule has 6 nitrogen and oxygen atoms in total. The number of piperazine rings is 1. The molecule has 0 radical (unpaired) electrons. The fraction of sp³-hybridized carbons (Fsp3) is 0.568. The summed E-state index contributed by atoms with van der Waals surface area (Å²) < 4.78 is 12.1. The van der Waals surface area contributed by atoms with Crippen LogP contribution in [0.25, 0.3) is 5.57 Å². The van der Waals surface area contributed by atoms with Crippen molar-refractivity contribution in [2.45, 2.75) is 104 Å². The number of carbonyl (C=O) groups is 2. The van der Waals surface area contributed by atoms with Crippen LogP contribution >= 0.6 is 0 Å². The maximum Gasteiger partial charge on any atom is 0.410 e. The van der Waals surface area contributed by atoms with Crippen molar-refractivity contribution in [1.29, 1.82) is 0 Å². The number of hydrogen-bond donors (Lipinski definition) is 0. The Bertz CT molecular complexity index is 1340. The van der Waals surface area contributed by atoms with Gasteiger partial charge in [0.15, 0.2) is 0 Å². The van der Waals surface area contributed by atoms with E-state index in [4.69, 9.17) is 9.47 Å². The highest BCUT2D eigenvalue weighted by Crippen LogP contribution is 2.44. The first-order valence-corrected chi connectivity index (χ1v) is 16.1. The van der Waals surface area contributed by atoms with E-state index >= 15 is 0 Å². The standard InChI is InChI=1S/C37H50N2O4/c1-27-17-18-37(20-19-36(5,6)24-27)26-38(21-22-39(37)34(41)43-35(2,3)4)33(40)31-14-10-13-29-15-16-30(23-32(29)31)42-25-28-11-8-7-9-12-28/h7-9,11-12,14-16,23,27H,10,13,17-22,24-26H2,1-6H3. The van der Waals surface area contributed by atoms with E-state index < -0.39 is 11.1 Å². The number of carbonyl (C=O) groups excluding carboxylic acids is 2. The lowest BCUT2D eigenvalue weighted by atomic mass is 9.69. The van der Waals surface area contributed by atoms with Gasteiger partial charge in [-0.15, -0.1) is 0 Å². The van der Waals surface area contributed by atoms with Gasteiger partial charge in [-0.25, -0.2) is 4.79 Å². The van der Waals surface area contributed by atoms with Gasteiger partial charge in [0.05, 0.1) is 5.54 Å². The predicted octanol–water partition coefficient (Wildman–Crippen LogP) is 8.04. The monoisotopic (exact) mass is 586 g/mol. The summed E-state index contributed by atoms with van der Waals surface area (Å²) in [6.45, 7) is 14.8. The first-order chi connectivity index (χ1) is 20.3. The van der Waals surface area contributed by atoms with E-state index in [1.54, 1.807) is 0 Å². The summed E-state index contributed by atoms with van der Waals surface area (Å²) in [7, 11) is 0. The Morgan fingerprint density at radius 3 is 2.51 bits per heavy atom. The van der Waals surface area contributed by atoms with Gasteiger partial charge < -0.3 is 14.4 Å². The van der Waals surface area contributed by atoms with Gasteiger partial charge in [-0.1, -0.05) is 63.2 Å². The molecule has 2 aliphatic carbocycles. The number of allylic oxidation sites excluding steroid dienone is 1. The Balaban J connectivity index is 1.40. The van der Waals surface area contributed by atoms with Crippen molar-refractivity contribution in [3.8, 4) is 5.75 Å². The Kier molecular flexibility index (Phi) is 8.97. The SMILES string of the molecule is CC1CCC2(CCC(C)(C)C1)CN(C(=O)C1=CCCc3ccc(OCc4ccccc4)cc31)CCN2C(=O)OC(C)(C)C. The molecule has 6 heteroatoms. The molecule has 2 aromatic carbocycles. The Morgan fingerprint density at radius 2 is 1.77 bits per heavy atom. The van der Waals surface area contributed by atoms with E-state index in [0.29, 0.717) is 32.2 Å². The molecular formula is C37H50N2O4. The fourth-order valence-corrected chi connectivity index (χ4v) is 7.25. The van der Waals surface area contributed by atoms with E-state index in [1.165, 1.54) is 12.0 Å². The molecule has 0 N–H and O–H groups in total. The number of rotatable bonds is 4. The van der Waals surface area contributed by atoms with Crippen LogP contribution in [0.2, 0.25) is 0 Å². The van der Waals surface area contributed by atoms with Gasteiger partial charge in [-0.2, -0.15) is 0 Å². The lowest BCUT2D eigenvalue weighted by molar-refractivity contribution is -0.132. The molecule has 43 heavy (non-hydrogen) atoms. The van der Waals surface area contributed by atoms with Crippen LogP contribution in [0.15, 0.2) is 54.6 Å². The van der Waals surface area contributed by atoms with Crippen molar-refractivity contribution in [2.75, 3.05) is 19.6 Å². The predicted molar refractivity (Wildman–Crippen MR) is 172 cm³/mol. The second-order valence-corrected chi connectivity index (χ2v) is 14.8. The van der Waals surface area contributed by atoms with Gasteiger partial charge >= 0.3 is 6.09 Å². The number of aryl methyl sites for hydroxylation is 1. The molecule has 2 atom stereocenters. The maximum atomic E-state index is 14.4. The van der Waals surface area contributed by atoms with E-state index in [1.807, 2.05) is 60.9 Å². The molecule has 2 unspecified atom stereocenters. The van der Waals surface area contributed by atoms with Gasteiger partial charge in [-0.3, -0.25) is 9.69 Å². The van der Waals surface area contributed by atoms with Crippen LogP contribution < -0.4 is 4.74 Å². The average Bonchev–Trinajstić information content (AvgIpc) is 2.96. The Morgan fingerprint density at radius 1 is 1.00 bits per heavy atom. The van der Waals surface area contributed by atoms with Crippen LogP contribution in [0.5, 0.6) is 5.75 Å². The highest BCUT2D eigenvalue weighted by Gasteiger charge is 2.48. The summed E-state index contributed by atoms with van der Waals surface area (Å²) in [6, 6.07) is 16.3. The molecule has 0 bridgehead atoms. The normalized spacial score (nSPS) is 24.0. The van der Waals surface area contributed by atoms with Crippen molar-refractivity contribution in [3.05, 3.63) is 71.3 Å². The van der Waals surface area contributed by atoms with Crippen molar-refractivity contribution in [2.24, 2.45) is 11.3 Å². The second kappa shape index (κ2) is 12.4. The third-order valence-electron chi connectivity index (χ3n) is 9.44. The minimum Gasteiger partial charge on any atom is -0.489 e. The summed E-state index contributed by atoms with van der Waals surface area (Å²) in [5.41, 5.74) is 3.18. The molecule has 1 aliphatic heterocycles. The van der Waals surface area contributed by atoms with Gasteiger partial charge in [0.1, 0.15) is 18.0 Å². The van der Waals surface area contributed by atoms with Gasteiger partial charge in [-0.05, 0) is 106 Å². The van der Waals surface area contributed by atoms with Gasteiger partial charge in [0.2, 0.25) is 0 Å². The fourth-order valence-electron chi connectivity index (χ4n) is 7.25. The number of hydrogen-bond acceptors (Lipinski definition) is 4. The summed E-state index contributed by atoms with van der Waals surface area (Å²) in [5, 5.41) is 0. The lowest BCUT2D eigenvalue weighted by Crippen LogP contribution is -2.66. The molecule has 1 saturated heterocycles. The molecule has 0 aromatic heterocycles. The minimum absolute atomic E-state index is 0.0544. The molecule has 3 aliphatic rings. The van der Waals surface area contributed by atoms with Crippen LogP contribution in [0.1, 0.15) is 96.8 Å².